The van der Waals surface area contributed by atoms with Crippen molar-refractivity contribution >= 4 is 11.0 Å². The first-order valence-corrected chi connectivity index (χ1v) is 5.49. The summed E-state index contributed by atoms with van der Waals surface area (Å²) in [5, 5.41) is 0. The fraction of sp³-hybridized carbons (Fsp3) is 0.0769. The molecule has 3 aromatic rings. The minimum atomic E-state index is -0.167. The molecule has 0 spiro atoms. The molecule has 0 bridgehead atoms. The first-order valence-electron chi connectivity index (χ1n) is 5.49. The highest BCUT2D eigenvalue weighted by Gasteiger charge is 2.09. The molecule has 5 heteroatoms. The molecule has 0 amide bonds. The average Bonchev–Trinajstić information content (AvgIpc) is 2.84. The smallest absolute Gasteiger partial charge is 0.275 e. The van der Waals surface area contributed by atoms with Crippen LogP contribution in [0.1, 0.15) is 0 Å². The van der Waals surface area contributed by atoms with Crippen LogP contribution in [0.25, 0.3) is 22.2 Å². The number of aromatic nitrogens is 3. The lowest BCUT2D eigenvalue weighted by atomic mass is 10.1. The van der Waals surface area contributed by atoms with E-state index in [9.17, 15) is 4.79 Å². The van der Waals surface area contributed by atoms with E-state index in [4.69, 9.17) is 4.74 Å². The van der Waals surface area contributed by atoms with Crippen LogP contribution >= 0.6 is 0 Å². The van der Waals surface area contributed by atoms with Gasteiger partial charge in [-0.15, -0.1) is 0 Å². The first kappa shape index (κ1) is 10.6. The number of hydrogen-bond donors (Lipinski definition) is 2. The molecule has 0 aliphatic heterocycles. The van der Waals surface area contributed by atoms with E-state index in [1.807, 2.05) is 24.3 Å². The van der Waals surface area contributed by atoms with Crippen LogP contribution in [0.5, 0.6) is 5.75 Å². The number of aromatic amines is 2. The molecule has 18 heavy (non-hydrogen) atoms. The van der Waals surface area contributed by atoms with Crippen molar-refractivity contribution in [3.8, 4) is 16.9 Å². The lowest BCUT2D eigenvalue weighted by Crippen LogP contribution is -2.05. The number of rotatable bonds is 2. The number of benzene rings is 1. The van der Waals surface area contributed by atoms with E-state index >= 15 is 0 Å². The lowest BCUT2D eigenvalue weighted by molar-refractivity contribution is 0.415. The minimum absolute atomic E-state index is 0.167. The summed E-state index contributed by atoms with van der Waals surface area (Å²) in [5.41, 5.74) is 2.88. The van der Waals surface area contributed by atoms with Gasteiger partial charge in [0.15, 0.2) is 0 Å². The van der Waals surface area contributed by atoms with Gasteiger partial charge in [0, 0.05) is 11.8 Å². The van der Waals surface area contributed by atoms with Gasteiger partial charge in [0.05, 0.1) is 13.4 Å². The van der Waals surface area contributed by atoms with E-state index in [2.05, 4.69) is 15.0 Å². The van der Waals surface area contributed by atoms with Crippen molar-refractivity contribution < 1.29 is 4.74 Å². The summed E-state index contributed by atoms with van der Waals surface area (Å²) < 4.78 is 5.11. The van der Waals surface area contributed by atoms with Crippen molar-refractivity contribution in [3.63, 3.8) is 0 Å². The molecule has 0 unspecified atom stereocenters. The Hall–Kier alpha value is -2.56. The molecular weight excluding hydrogens is 230 g/mol. The van der Waals surface area contributed by atoms with Crippen molar-refractivity contribution in [1.82, 2.24) is 15.0 Å². The Bertz CT molecular complexity index is 741. The predicted octanol–water partition coefficient (Wildman–Crippen LogP) is 1.93. The molecule has 1 aromatic carbocycles. The van der Waals surface area contributed by atoms with E-state index in [0.29, 0.717) is 11.0 Å². The quantitative estimate of drug-likeness (QED) is 0.720. The zero-order valence-corrected chi connectivity index (χ0v) is 9.73. The molecule has 2 N–H and O–H groups in total. The highest BCUT2D eigenvalue weighted by molar-refractivity contribution is 5.91. The van der Waals surface area contributed by atoms with Gasteiger partial charge in [-0.1, -0.05) is 12.1 Å². The third-order valence-electron chi connectivity index (χ3n) is 2.87. The number of methoxy groups -OCH3 is 1. The second-order valence-corrected chi connectivity index (χ2v) is 3.89. The largest absolute Gasteiger partial charge is 0.497 e. The molecular formula is C13H11N3O2. The molecule has 0 aliphatic carbocycles. The van der Waals surface area contributed by atoms with E-state index in [-0.39, 0.29) is 5.56 Å². The van der Waals surface area contributed by atoms with Gasteiger partial charge < -0.3 is 14.7 Å². The third kappa shape index (κ3) is 1.57. The molecule has 0 saturated heterocycles. The van der Waals surface area contributed by atoms with Gasteiger partial charge in [-0.3, -0.25) is 4.79 Å². The van der Waals surface area contributed by atoms with Crippen LogP contribution in [0.15, 0.2) is 41.6 Å². The van der Waals surface area contributed by atoms with Crippen LogP contribution in [0.3, 0.4) is 0 Å². The second-order valence-electron chi connectivity index (χ2n) is 3.89. The normalized spacial score (nSPS) is 10.7. The molecule has 0 atom stereocenters. The van der Waals surface area contributed by atoms with Crippen LogP contribution in [-0.2, 0) is 0 Å². The molecule has 2 heterocycles. The Balaban J connectivity index is 2.19. The maximum atomic E-state index is 11.6. The van der Waals surface area contributed by atoms with Crippen molar-refractivity contribution in [3.05, 3.63) is 47.1 Å². The Morgan fingerprint density at radius 2 is 1.94 bits per heavy atom. The number of H-pyrrole nitrogens is 2. The average molecular weight is 241 g/mol. The topological polar surface area (TPSA) is 70.8 Å². The number of ether oxygens (including phenoxy) is 1. The standard InChI is InChI=1S/C13H11N3O2/c1-18-9-4-2-8(3-5-9)10-6-14-12-11(10)15-7-16-13(12)17/h2-7,14H,1H3,(H,15,16,17). The lowest BCUT2D eigenvalue weighted by Gasteiger charge is -2.01. The summed E-state index contributed by atoms with van der Waals surface area (Å²) in [4.78, 5) is 21.3. The molecule has 0 saturated carbocycles. The number of nitrogens with zero attached hydrogens (tertiary/aromatic N) is 1. The molecule has 3 rings (SSSR count). The van der Waals surface area contributed by atoms with Gasteiger partial charge in [0.2, 0.25) is 0 Å². The van der Waals surface area contributed by atoms with Gasteiger partial charge in [-0.05, 0) is 17.7 Å². The van der Waals surface area contributed by atoms with E-state index in [1.54, 1.807) is 13.3 Å². The van der Waals surface area contributed by atoms with Crippen LogP contribution < -0.4 is 10.3 Å². The molecule has 5 nitrogen and oxygen atoms in total. The number of nitrogens with one attached hydrogen (secondary N) is 2. The molecule has 2 aromatic heterocycles. The van der Waals surface area contributed by atoms with Gasteiger partial charge in [0.1, 0.15) is 16.8 Å². The van der Waals surface area contributed by atoms with Gasteiger partial charge in [0.25, 0.3) is 5.56 Å². The molecule has 0 fully saturated rings. The number of fused-ring (bicyclic) bond motifs is 1. The molecule has 90 valence electrons. The first-order chi connectivity index (χ1) is 8.79. The van der Waals surface area contributed by atoms with E-state index in [1.165, 1.54) is 6.33 Å². The Morgan fingerprint density at radius 1 is 1.17 bits per heavy atom. The van der Waals surface area contributed by atoms with Crippen LogP contribution in [0.2, 0.25) is 0 Å². The van der Waals surface area contributed by atoms with Crippen molar-refractivity contribution in [2.24, 2.45) is 0 Å². The van der Waals surface area contributed by atoms with Crippen molar-refractivity contribution in [1.29, 1.82) is 0 Å². The summed E-state index contributed by atoms with van der Waals surface area (Å²) in [6.45, 7) is 0. The van der Waals surface area contributed by atoms with Crippen LogP contribution in [0.4, 0.5) is 0 Å². The second kappa shape index (κ2) is 4.03. The van der Waals surface area contributed by atoms with Gasteiger partial charge in [-0.25, -0.2) is 4.98 Å². The van der Waals surface area contributed by atoms with Crippen molar-refractivity contribution in [2.75, 3.05) is 7.11 Å². The predicted molar refractivity (Wildman–Crippen MR) is 68.7 cm³/mol. The fourth-order valence-corrected chi connectivity index (χ4v) is 1.94. The SMILES string of the molecule is COc1ccc(-c2c[nH]c3c(=O)[nH]cnc23)cc1. The van der Waals surface area contributed by atoms with Gasteiger partial charge >= 0.3 is 0 Å². The van der Waals surface area contributed by atoms with E-state index < -0.39 is 0 Å². The summed E-state index contributed by atoms with van der Waals surface area (Å²) in [5.74, 6) is 0.796. The highest BCUT2D eigenvalue weighted by Crippen LogP contribution is 2.26. The fourth-order valence-electron chi connectivity index (χ4n) is 1.94. The summed E-state index contributed by atoms with van der Waals surface area (Å²) >= 11 is 0. The zero-order chi connectivity index (χ0) is 12.5. The Labute approximate surface area is 102 Å². The molecule has 0 radical (unpaired) electrons. The van der Waals surface area contributed by atoms with E-state index in [0.717, 1.165) is 16.9 Å². The monoisotopic (exact) mass is 241 g/mol. The highest BCUT2D eigenvalue weighted by atomic mass is 16.5. The Morgan fingerprint density at radius 3 is 2.67 bits per heavy atom. The number of hydrogen-bond acceptors (Lipinski definition) is 3. The van der Waals surface area contributed by atoms with Crippen LogP contribution in [0, 0.1) is 0 Å². The summed E-state index contributed by atoms with van der Waals surface area (Å²) in [7, 11) is 1.63. The van der Waals surface area contributed by atoms with Crippen LogP contribution in [-0.4, -0.2) is 22.1 Å². The summed E-state index contributed by atoms with van der Waals surface area (Å²) in [6.07, 6.45) is 3.19. The van der Waals surface area contributed by atoms with Crippen molar-refractivity contribution in [2.45, 2.75) is 0 Å². The summed E-state index contributed by atoms with van der Waals surface area (Å²) in [6, 6.07) is 7.62. The van der Waals surface area contributed by atoms with Gasteiger partial charge in [-0.2, -0.15) is 0 Å². The minimum Gasteiger partial charge on any atom is -0.497 e. The zero-order valence-electron chi connectivity index (χ0n) is 9.73. The molecule has 0 aliphatic rings. The maximum Gasteiger partial charge on any atom is 0.275 e. The maximum absolute atomic E-state index is 11.6. The Kier molecular flexibility index (Phi) is 2.37. The third-order valence-corrected chi connectivity index (χ3v) is 2.87.